The molecule has 384 valence electrons. The molecule has 15 nitrogen and oxygen atoms in total. The number of nitrogens with zero attached hydrogens (tertiary/aromatic N) is 6. The predicted molar refractivity (Wildman–Crippen MR) is 281 cm³/mol. The van der Waals surface area contributed by atoms with Crippen LogP contribution in [0.4, 0.5) is 21.4 Å². The molecule has 16 heteroatoms. The van der Waals surface area contributed by atoms with E-state index in [9.17, 15) is 14.4 Å². The van der Waals surface area contributed by atoms with Crippen LogP contribution in [0.2, 0.25) is 0 Å². The van der Waals surface area contributed by atoms with Crippen LogP contribution in [0, 0.1) is 23.2 Å². The summed E-state index contributed by atoms with van der Waals surface area (Å²) in [6.45, 7) is 22.4. The van der Waals surface area contributed by atoms with E-state index in [1.807, 2.05) is 90.2 Å². The highest BCUT2D eigenvalue weighted by molar-refractivity contribution is 7.22. The molecule has 0 radical (unpaired) electrons. The Bertz CT molecular complexity index is 2860. The fourth-order valence-corrected chi connectivity index (χ4v) is 14.8. The molecule has 2 unspecified atom stereocenters. The number of amides is 2. The van der Waals surface area contributed by atoms with Gasteiger partial charge in [0.15, 0.2) is 10.8 Å². The topological polar surface area (TPSA) is 162 Å². The van der Waals surface area contributed by atoms with Crippen LogP contribution in [0.25, 0.3) is 21.3 Å². The first-order valence-electron chi connectivity index (χ1n) is 25.7. The number of aromatic nitrogens is 4. The molecule has 4 saturated carbocycles. The van der Waals surface area contributed by atoms with Crippen molar-refractivity contribution in [1.82, 2.24) is 25.1 Å². The Morgan fingerprint density at radius 2 is 1.60 bits per heavy atom. The van der Waals surface area contributed by atoms with Gasteiger partial charge in [0, 0.05) is 67.9 Å². The fourth-order valence-electron chi connectivity index (χ4n) is 13.9. The second kappa shape index (κ2) is 18.4. The Labute approximate surface area is 427 Å². The first-order valence-corrected chi connectivity index (χ1v) is 26.5. The molecular weight excluding hydrogens is 929 g/mol. The Morgan fingerprint density at radius 3 is 2.32 bits per heavy atom. The lowest BCUT2D eigenvalue weighted by molar-refractivity contribution is -0.250. The predicted octanol–water partition coefficient (Wildman–Crippen LogP) is 10.5. The minimum absolute atomic E-state index is 0.0286. The number of ether oxygens (including phenoxy) is 4. The van der Waals surface area contributed by atoms with E-state index < -0.39 is 23.3 Å². The zero-order chi connectivity index (χ0) is 51.0. The van der Waals surface area contributed by atoms with Crippen LogP contribution in [0.15, 0.2) is 54.7 Å². The van der Waals surface area contributed by atoms with Crippen molar-refractivity contribution in [2.45, 2.75) is 150 Å². The molecular formula is C56H72N8O7S. The second-order valence-electron chi connectivity index (χ2n) is 24.4. The molecule has 11 rings (SSSR count). The van der Waals surface area contributed by atoms with E-state index in [1.54, 1.807) is 7.11 Å². The van der Waals surface area contributed by atoms with E-state index in [2.05, 4.69) is 52.0 Å². The van der Waals surface area contributed by atoms with E-state index in [0.717, 1.165) is 83.4 Å². The summed E-state index contributed by atoms with van der Waals surface area (Å²) in [4.78, 5) is 55.9. The van der Waals surface area contributed by atoms with Crippen LogP contribution in [0.1, 0.15) is 138 Å². The molecule has 5 heterocycles. The first-order chi connectivity index (χ1) is 34.0. The van der Waals surface area contributed by atoms with Crippen molar-refractivity contribution >= 4 is 56.2 Å². The van der Waals surface area contributed by atoms with Gasteiger partial charge in [-0.25, -0.2) is 19.6 Å². The summed E-state index contributed by atoms with van der Waals surface area (Å²) in [6.07, 6.45) is 9.48. The zero-order valence-corrected chi connectivity index (χ0v) is 44.6. The van der Waals surface area contributed by atoms with Crippen molar-refractivity contribution < 1.29 is 33.3 Å². The third-order valence-corrected chi connectivity index (χ3v) is 16.3. The monoisotopic (exact) mass is 1000 g/mol. The van der Waals surface area contributed by atoms with Crippen molar-refractivity contribution in [3.8, 4) is 11.1 Å². The number of hydrogen-bond acceptors (Lipinski definition) is 13. The van der Waals surface area contributed by atoms with Gasteiger partial charge in [-0.2, -0.15) is 5.10 Å². The van der Waals surface area contributed by atoms with Crippen LogP contribution in [-0.2, 0) is 38.5 Å². The number of carbonyl (C=O) groups excluding carboxylic acids is 3. The van der Waals surface area contributed by atoms with E-state index in [4.69, 9.17) is 34.0 Å². The summed E-state index contributed by atoms with van der Waals surface area (Å²) in [5.74, 6) is -0.152. The van der Waals surface area contributed by atoms with Gasteiger partial charge in [-0.3, -0.25) is 14.8 Å². The Kier molecular flexibility index (Phi) is 12.8. The minimum Gasteiger partial charge on any atom is -0.455 e. The smallest absolute Gasteiger partial charge is 0.407 e. The molecule has 2 aromatic carbocycles. The molecule has 2 amide bonds. The van der Waals surface area contributed by atoms with Crippen LogP contribution in [-0.4, -0.2) is 101 Å². The third kappa shape index (κ3) is 10.3. The van der Waals surface area contributed by atoms with Gasteiger partial charge in [0.05, 0.1) is 41.3 Å². The molecule has 3 aromatic heterocycles. The van der Waals surface area contributed by atoms with E-state index >= 15 is 0 Å². The number of anilines is 3. The summed E-state index contributed by atoms with van der Waals surface area (Å²) < 4.78 is 27.0. The number of hydrogen-bond donors (Lipinski definition) is 2. The number of rotatable bonds is 13. The molecule has 2 aliphatic heterocycles. The highest BCUT2D eigenvalue weighted by atomic mass is 32.1. The maximum absolute atomic E-state index is 14.6. The number of fused-ring (bicyclic) bond motifs is 2. The molecule has 4 aliphatic carbocycles. The van der Waals surface area contributed by atoms with Gasteiger partial charge in [0.25, 0.3) is 5.91 Å². The number of pyridine rings is 1. The summed E-state index contributed by atoms with van der Waals surface area (Å²) in [5.41, 5.74) is 5.83. The van der Waals surface area contributed by atoms with Crippen molar-refractivity contribution in [1.29, 1.82) is 0 Å². The summed E-state index contributed by atoms with van der Waals surface area (Å²) in [5, 5.41) is 11.7. The normalized spacial score (nSPS) is 25.7. The van der Waals surface area contributed by atoms with E-state index in [1.165, 1.54) is 17.8 Å². The fraction of sp³-hybridized carbons (Fsp3) is 0.571. The number of para-hydroxylation sites is 1. The Balaban J connectivity index is 0.948. The number of alkyl carbamates (subject to hydrolysis) is 1. The third-order valence-electron chi connectivity index (χ3n) is 15.4. The molecule has 4 bridgehead atoms. The molecule has 72 heavy (non-hydrogen) atoms. The number of methoxy groups -OCH3 is 1. The summed E-state index contributed by atoms with van der Waals surface area (Å²) >= 11 is 1.44. The zero-order valence-electron chi connectivity index (χ0n) is 43.8. The van der Waals surface area contributed by atoms with Gasteiger partial charge in [-0.15, -0.1) is 0 Å². The Morgan fingerprint density at radius 1 is 0.847 bits per heavy atom. The lowest BCUT2D eigenvalue weighted by Crippen LogP contribution is -2.64. The molecule has 5 fully saturated rings. The SMILES string of the molecule is COCCOC12CC3(C)CC(C)(CC(Cn4ncc(-c5ccc(N6CCc7cc(N8CC[C@H](NC(=O)OC(C)(C)C)C8)cc(C(=O)Nc8nc9ccccc9s8)c7C6)nc5C(=O)OC(C)(C)C)c4C)(C3)C1)C2. The average Bonchev–Trinajstić information content (AvgIpc) is 4.01. The molecule has 0 spiro atoms. The lowest BCUT2D eigenvalue weighted by atomic mass is 9.39. The van der Waals surface area contributed by atoms with Crippen molar-refractivity contribution in [2.24, 2.45) is 16.2 Å². The number of carbonyl (C=O) groups is 3. The van der Waals surface area contributed by atoms with E-state index in [-0.39, 0.29) is 39.5 Å². The first kappa shape index (κ1) is 50.0. The lowest BCUT2D eigenvalue weighted by Gasteiger charge is -2.69. The van der Waals surface area contributed by atoms with E-state index in [0.29, 0.717) is 67.9 Å². The van der Waals surface area contributed by atoms with Crippen LogP contribution in [0.5, 0.6) is 0 Å². The highest BCUT2D eigenvalue weighted by Crippen LogP contribution is 2.72. The largest absolute Gasteiger partial charge is 0.455 e. The summed E-state index contributed by atoms with van der Waals surface area (Å²) in [6, 6.07) is 15.8. The van der Waals surface area contributed by atoms with Crippen LogP contribution in [0.3, 0.4) is 0 Å². The molecule has 3 atom stereocenters. The summed E-state index contributed by atoms with van der Waals surface area (Å²) in [7, 11) is 1.73. The van der Waals surface area contributed by atoms with Crippen LogP contribution >= 0.6 is 11.3 Å². The maximum Gasteiger partial charge on any atom is 0.407 e. The average molecular weight is 1000 g/mol. The van der Waals surface area contributed by atoms with Gasteiger partial charge in [-0.05, 0) is 164 Å². The number of nitrogens with one attached hydrogen (secondary N) is 2. The number of esters is 1. The van der Waals surface area contributed by atoms with Gasteiger partial charge < -0.3 is 34.1 Å². The Hall–Kier alpha value is -5.58. The van der Waals surface area contributed by atoms with Crippen molar-refractivity contribution in [2.75, 3.05) is 55.1 Å². The molecule has 5 aromatic rings. The van der Waals surface area contributed by atoms with Crippen molar-refractivity contribution in [3.63, 3.8) is 0 Å². The van der Waals surface area contributed by atoms with Gasteiger partial charge >= 0.3 is 12.1 Å². The number of benzene rings is 2. The molecule has 6 aliphatic rings. The van der Waals surface area contributed by atoms with Gasteiger partial charge in [0.1, 0.15) is 17.0 Å². The second-order valence-corrected chi connectivity index (χ2v) is 25.4. The maximum atomic E-state index is 14.6. The highest BCUT2D eigenvalue weighted by Gasteiger charge is 2.66. The molecule has 1 saturated heterocycles. The standard InChI is InChI=1S/C56H72N8O7S/c1-35-41(25-57-64(35)34-55-29-53(8)28-54(9,30-55)32-56(31-53,33-55)69-22-21-68-10)39-15-16-45(60-46(39)48(66)70-51(2,3)4)63-19-17-36-23-38(62-20-18-37(26-62)58-50(67)71-52(5,6)7)24-40(42(36)27-63)47(65)61-49-59-43-13-11-12-14-44(43)72-49/h11-16,23-25,37H,17-22,26-34H2,1-10H3,(H,58,67)(H,59,61,65)/t37-,53?,54?,55?,56?/m0/s1. The minimum atomic E-state index is -0.758. The molecule has 2 N–H and O–H groups in total. The van der Waals surface area contributed by atoms with Gasteiger partial charge in [0.2, 0.25) is 0 Å². The van der Waals surface area contributed by atoms with Crippen molar-refractivity contribution in [3.05, 3.63) is 82.8 Å². The van der Waals surface area contributed by atoms with Crippen LogP contribution < -0.4 is 20.4 Å². The quantitative estimate of drug-likeness (QED) is 0.0849. The number of thiazole rings is 1. The van der Waals surface area contributed by atoms with Gasteiger partial charge in [-0.1, -0.05) is 37.3 Å².